The fraction of sp³-hybridized carbons (Fsp3) is 0. The third-order valence-corrected chi connectivity index (χ3v) is 4.79. The van der Waals surface area contributed by atoms with E-state index < -0.39 is 0 Å². The van der Waals surface area contributed by atoms with E-state index in [-0.39, 0.29) is 5.82 Å². The number of rotatable bonds is 1. The van der Waals surface area contributed by atoms with Gasteiger partial charge in [-0.3, -0.25) is 0 Å². The summed E-state index contributed by atoms with van der Waals surface area (Å²) in [6, 6.07) is 8.10. The van der Waals surface area contributed by atoms with E-state index in [1.807, 2.05) is 12.1 Å². The highest BCUT2D eigenvalue weighted by atomic mass is 79.9. The largest absolute Gasteiger partial charge is 0.207 e. The predicted octanol–water partition coefficient (Wildman–Crippen LogP) is 6.32. The fourth-order valence-corrected chi connectivity index (χ4v) is 2.70. The summed E-state index contributed by atoms with van der Waals surface area (Å²) in [7, 11) is 0. The third-order valence-electron chi connectivity index (χ3n) is 2.23. The van der Waals surface area contributed by atoms with Crippen molar-refractivity contribution < 1.29 is 4.39 Å². The molecule has 2 aromatic rings. The molecule has 0 nitrogen and oxygen atoms in total. The van der Waals surface area contributed by atoms with Crippen LogP contribution in [0.5, 0.6) is 0 Å². The molecule has 0 saturated heterocycles. The Morgan fingerprint density at radius 3 is 2.24 bits per heavy atom. The van der Waals surface area contributed by atoms with Gasteiger partial charge in [0.05, 0.1) is 10.0 Å². The molecule has 0 spiro atoms. The van der Waals surface area contributed by atoms with Crippen molar-refractivity contribution in [1.82, 2.24) is 0 Å². The van der Waals surface area contributed by atoms with Crippen molar-refractivity contribution in [2.45, 2.75) is 0 Å². The fourth-order valence-electron chi connectivity index (χ4n) is 1.46. The van der Waals surface area contributed by atoms with E-state index in [1.54, 1.807) is 6.07 Å². The van der Waals surface area contributed by atoms with Crippen molar-refractivity contribution in [1.29, 1.82) is 0 Å². The van der Waals surface area contributed by atoms with E-state index in [1.165, 1.54) is 12.1 Å². The molecule has 0 bridgehead atoms. The van der Waals surface area contributed by atoms with Crippen LogP contribution >= 0.6 is 55.1 Å². The predicted molar refractivity (Wildman–Crippen MR) is 77.3 cm³/mol. The molecule has 17 heavy (non-hydrogen) atoms. The van der Waals surface area contributed by atoms with Crippen LogP contribution in [-0.2, 0) is 0 Å². The second kappa shape index (κ2) is 5.27. The lowest BCUT2D eigenvalue weighted by molar-refractivity contribution is 0.627. The molecule has 0 aliphatic rings. The molecule has 88 valence electrons. The Morgan fingerprint density at radius 2 is 1.53 bits per heavy atom. The summed E-state index contributed by atoms with van der Waals surface area (Å²) in [5, 5.41) is 0.943. The van der Waals surface area contributed by atoms with Gasteiger partial charge >= 0.3 is 0 Å². The van der Waals surface area contributed by atoms with Gasteiger partial charge in [-0.15, -0.1) is 0 Å². The molecular weight excluding hydrogens is 394 g/mol. The molecule has 0 N–H and O–H groups in total. The van der Waals surface area contributed by atoms with Crippen molar-refractivity contribution in [3.63, 3.8) is 0 Å². The first-order valence-electron chi connectivity index (χ1n) is 4.59. The van der Waals surface area contributed by atoms with Gasteiger partial charge in [0, 0.05) is 20.1 Å². The summed E-state index contributed by atoms with van der Waals surface area (Å²) in [5.41, 5.74) is 1.25. The van der Waals surface area contributed by atoms with Gasteiger partial charge in [-0.25, -0.2) is 4.39 Å². The molecule has 5 heteroatoms. The SMILES string of the molecule is Fc1cc(Br)c(Cl)c(-c2cccc(Br)c2Cl)c1. The minimum atomic E-state index is -0.368. The number of benzene rings is 2. The highest BCUT2D eigenvalue weighted by Crippen LogP contribution is 2.40. The van der Waals surface area contributed by atoms with Crippen molar-refractivity contribution in [3.8, 4) is 11.1 Å². The van der Waals surface area contributed by atoms with Crippen LogP contribution in [0.3, 0.4) is 0 Å². The van der Waals surface area contributed by atoms with Crippen molar-refractivity contribution in [3.05, 3.63) is 55.1 Å². The summed E-state index contributed by atoms with van der Waals surface area (Å²) in [5.74, 6) is -0.368. The molecule has 0 unspecified atom stereocenters. The Kier molecular flexibility index (Phi) is 4.14. The van der Waals surface area contributed by atoms with Gasteiger partial charge in [-0.2, -0.15) is 0 Å². The quantitative estimate of drug-likeness (QED) is 0.493. The summed E-state index contributed by atoms with van der Waals surface area (Å²) in [4.78, 5) is 0. The maximum Gasteiger partial charge on any atom is 0.125 e. The second-order valence-electron chi connectivity index (χ2n) is 3.35. The number of hydrogen-bond acceptors (Lipinski definition) is 0. The summed E-state index contributed by atoms with van der Waals surface area (Å²) in [6.45, 7) is 0. The molecule has 0 amide bonds. The van der Waals surface area contributed by atoms with E-state index in [4.69, 9.17) is 23.2 Å². The lowest BCUT2D eigenvalue weighted by Crippen LogP contribution is -1.86. The van der Waals surface area contributed by atoms with E-state index in [2.05, 4.69) is 31.9 Å². The van der Waals surface area contributed by atoms with E-state index >= 15 is 0 Å². The van der Waals surface area contributed by atoms with Crippen molar-refractivity contribution in [2.24, 2.45) is 0 Å². The molecule has 0 atom stereocenters. The summed E-state index contributed by atoms with van der Waals surface area (Å²) < 4.78 is 14.6. The van der Waals surface area contributed by atoms with Gasteiger partial charge in [0.2, 0.25) is 0 Å². The molecule has 0 saturated carbocycles. The van der Waals surface area contributed by atoms with Gasteiger partial charge in [0.1, 0.15) is 5.82 Å². The van der Waals surface area contributed by atoms with Gasteiger partial charge in [-0.1, -0.05) is 35.3 Å². The summed E-state index contributed by atoms with van der Waals surface area (Å²) >= 11 is 18.8. The first-order chi connectivity index (χ1) is 8.00. The van der Waals surface area contributed by atoms with Crippen LogP contribution in [0.15, 0.2) is 39.3 Å². The maximum atomic E-state index is 13.4. The molecule has 2 aromatic carbocycles. The van der Waals surface area contributed by atoms with Crippen LogP contribution in [-0.4, -0.2) is 0 Å². The molecule has 0 radical (unpaired) electrons. The molecule has 0 fully saturated rings. The number of halogens is 5. The van der Waals surface area contributed by atoms with Crippen LogP contribution in [0.25, 0.3) is 11.1 Å². The minimum Gasteiger partial charge on any atom is -0.207 e. The van der Waals surface area contributed by atoms with E-state index in [9.17, 15) is 4.39 Å². The Morgan fingerprint density at radius 1 is 0.882 bits per heavy atom. The molecule has 0 aromatic heterocycles. The van der Waals surface area contributed by atoms with E-state index in [0.717, 1.165) is 4.47 Å². The molecular formula is C12H5Br2Cl2F. The van der Waals surface area contributed by atoms with Crippen LogP contribution in [0, 0.1) is 5.82 Å². The topological polar surface area (TPSA) is 0 Å². The third kappa shape index (κ3) is 2.68. The summed E-state index contributed by atoms with van der Waals surface area (Å²) in [6.07, 6.45) is 0. The van der Waals surface area contributed by atoms with Crippen LogP contribution in [0.4, 0.5) is 4.39 Å². The average Bonchev–Trinajstić information content (AvgIpc) is 2.27. The van der Waals surface area contributed by atoms with E-state index in [0.29, 0.717) is 25.6 Å². The van der Waals surface area contributed by atoms with Gasteiger partial charge in [0.25, 0.3) is 0 Å². The minimum absolute atomic E-state index is 0.368. The Hall–Kier alpha value is -0.0900. The average molecular weight is 399 g/mol. The van der Waals surface area contributed by atoms with Crippen LogP contribution in [0.1, 0.15) is 0 Å². The van der Waals surface area contributed by atoms with Crippen molar-refractivity contribution >= 4 is 55.1 Å². The second-order valence-corrected chi connectivity index (χ2v) is 5.82. The first kappa shape index (κ1) is 13.3. The molecule has 0 heterocycles. The number of hydrogen-bond donors (Lipinski definition) is 0. The Bertz CT molecular complexity index is 585. The zero-order chi connectivity index (χ0) is 12.6. The molecule has 0 aliphatic heterocycles. The molecule has 0 aliphatic carbocycles. The highest BCUT2D eigenvalue weighted by Gasteiger charge is 2.13. The maximum absolute atomic E-state index is 13.4. The Balaban J connectivity index is 2.73. The highest BCUT2D eigenvalue weighted by molar-refractivity contribution is 9.10. The zero-order valence-electron chi connectivity index (χ0n) is 8.28. The normalized spacial score (nSPS) is 10.6. The lowest BCUT2D eigenvalue weighted by atomic mass is 10.1. The monoisotopic (exact) mass is 396 g/mol. The van der Waals surface area contributed by atoms with Gasteiger partial charge in [-0.05, 0) is 50.1 Å². The van der Waals surface area contributed by atoms with Gasteiger partial charge < -0.3 is 0 Å². The first-order valence-corrected chi connectivity index (χ1v) is 6.94. The van der Waals surface area contributed by atoms with Gasteiger partial charge in [0.15, 0.2) is 0 Å². The molecule has 2 rings (SSSR count). The smallest absolute Gasteiger partial charge is 0.125 e. The zero-order valence-corrected chi connectivity index (χ0v) is 13.0. The van der Waals surface area contributed by atoms with Crippen LogP contribution in [0.2, 0.25) is 10.0 Å². The van der Waals surface area contributed by atoms with Crippen molar-refractivity contribution in [2.75, 3.05) is 0 Å². The Labute approximate surface area is 125 Å². The standard InChI is InChI=1S/C12H5Br2Cl2F/c13-9-3-1-2-7(11(9)15)8-4-6(17)5-10(14)12(8)16/h1-5H. The lowest BCUT2D eigenvalue weighted by Gasteiger charge is -2.09. The van der Waals surface area contributed by atoms with Crippen LogP contribution < -0.4 is 0 Å².